The second kappa shape index (κ2) is 5.35. The van der Waals surface area contributed by atoms with Crippen LogP contribution in [0.3, 0.4) is 0 Å². The minimum Gasteiger partial charge on any atom is -0.267 e. The van der Waals surface area contributed by atoms with Crippen LogP contribution in [0.4, 0.5) is 0 Å². The minimum absolute atomic E-state index is 0.729. The molecule has 2 rings (SSSR count). The Morgan fingerprint density at radius 1 is 1.29 bits per heavy atom. The summed E-state index contributed by atoms with van der Waals surface area (Å²) >= 11 is 7.03. The van der Waals surface area contributed by atoms with Gasteiger partial charge < -0.3 is 0 Å². The van der Waals surface area contributed by atoms with Crippen molar-refractivity contribution in [3.05, 3.63) is 32.7 Å². The van der Waals surface area contributed by atoms with Gasteiger partial charge in [0, 0.05) is 12.7 Å². The molecule has 0 atom stereocenters. The average Bonchev–Trinajstić information content (AvgIpc) is 2.85. The fraction of sp³-hybridized carbons (Fsp3) is 0.455. The Bertz CT molecular complexity index is 516. The Morgan fingerprint density at radius 2 is 2.06 bits per heavy atom. The first kappa shape index (κ1) is 12.8. The van der Waals surface area contributed by atoms with Crippen molar-refractivity contribution in [2.45, 2.75) is 33.4 Å². The Hall–Kier alpha value is -0.620. The first-order chi connectivity index (χ1) is 8.15. The molecule has 2 aromatic rings. The molecule has 0 bridgehead atoms. The normalized spacial score (nSPS) is 11.1. The van der Waals surface area contributed by atoms with Crippen LogP contribution in [0.25, 0.3) is 0 Å². The molecule has 0 aliphatic heterocycles. The number of rotatable bonds is 4. The van der Waals surface area contributed by atoms with Crippen molar-refractivity contribution in [1.29, 1.82) is 0 Å². The highest BCUT2D eigenvalue weighted by Gasteiger charge is 2.14. The zero-order valence-corrected chi connectivity index (χ0v) is 13.0. The van der Waals surface area contributed by atoms with Crippen LogP contribution in [0, 0.1) is 0 Å². The number of hydrogen-bond acceptors (Lipinski definition) is 2. The summed E-state index contributed by atoms with van der Waals surface area (Å²) in [5.74, 6) is 0. The van der Waals surface area contributed by atoms with Crippen molar-refractivity contribution in [1.82, 2.24) is 19.6 Å². The van der Waals surface area contributed by atoms with Crippen molar-refractivity contribution in [2.24, 2.45) is 0 Å². The van der Waals surface area contributed by atoms with E-state index in [1.807, 2.05) is 15.6 Å². The third-order valence-corrected chi connectivity index (χ3v) is 3.93. The van der Waals surface area contributed by atoms with Gasteiger partial charge in [0.2, 0.25) is 0 Å². The van der Waals surface area contributed by atoms with Crippen LogP contribution in [0.5, 0.6) is 0 Å². The van der Waals surface area contributed by atoms with Crippen molar-refractivity contribution in [3.8, 4) is 0 Å². The average molecular weight is 362 g/mol. The molecule has 0 fully saturated rings. The van der Waals surface area contributed by atoms with Crippen LogP contribution in [0.1, 0.15) is 25.2 Å². The van der Waals surface area contributed by atoms with Gasteiger partial charge in [-0.25, -0.2) is 0 Å². The fourth-order valence-corrected chi connectivity index (χ4v) is 2.76. The predicted octanol–water partition coefficient (Wildman–Crippen LogP) is 3.24. The summed E-state index contributed by atoms with van der Waals surface area (Å²) in [6.07, 6.45) is 4.69. The lowest BCUT2D eigenvalue weighted by Gasteiger charge is -2.05. The fourth-order valence-electron chi connectivity index (χ4n) is 1.75. The summed E-state index contributed by atoms with van der Waals surface area (Å²) in [5.41, 5.74) is 2.27. The molecule has 0 aliphatic rings. The van der Waals surface area contributed by atoms with E-state index in [-0.39, 0.29) is 0 Å². The molecule has 2 heterocycles. The molecule has 0 saturated heterocycles. The van der Waals surface area contributed by atoms with E-state index in [0.29, 0.717) is 0 Å². The molecule has 6 heteroatoms. The van der Waals surface area contributed by atoms with E-state index < -0.39 is 0 Å². The molecule has 0 saturated carbocycles. The molecular formula is C11H14Br2N4. The van der Waals surface area contributed by atoms with Gasteiger partial charge in [0.05, 0.1) is 33.1 Å². The first-order valence-corrected chi connectivity index (χ1v) is 7.16. The molecule has 0 amide bonds. The minimum atomic E-state index is 0.729. The lowest BCUT2D eigenvalue weighted by molar-refractivity contribution is 0.572. The molecule has 0 unspecified atom stereocenters. The standard InChI is InChI=1S/C11H14Br2N4/c1-3-9-11(13)10(17(4-2)15-9)7-16-6-8(12)5-14-16/h5-6H,3-4,7H2,1-2H3. The van der Waals surface area contributed by atoms with Gasteiger partial charge in [0.15, 0.2) is 0 Å². The van der Waals surface area contributed by atoms with E-state index in [0.717, 1.165) is 34.1 Å². The topological polar surface area (TPSA) is 35.6 Å². The SMILES string of the molecule is CCc1nn(CC)c(Cn2cc(Br)cn2)c1Br. The zero-order chi connectivity index (χ0) is 12.4. The summed E-state index contributed by atoms with van der Waals surface area (Å²) in [4.78, 5) is 0. The second-order valence-electron chi connectivity index (χ2n) is 3.73. The molecule has 92 valence electrons. The highest BCUT2D eigenvalue weighted by atomic mass is 79.9. The van der Waals surface area contributed by atoms with Crippen LogP contribution < -0.4 is 0 Å². The lowest BCUT2D eigenvalue weighted by atomic mass is 10.3. The van der Waals surface area contributed by atoms with Gasteiger partial charge in [-0.3, -0.25) is 9.36 Å². The van der Waals surface area contributed by atoms with Gasteiger partial charge in [-0.05, 0) is 45.2 Å². The molecule has 2 aromatic heterocycles. The summed E-state index contributed by atoms with van der Waals surface area (Å²) in [6.45, 7) is 5.81. The number of aryl methyl sites for hydroxylation is 2. The molecule has 0 radical (unpaired) electrons. The molecule has 4 nitrogen and oxygen atoms in total. The van der Waals surface area contributed by atoms with Gasteiger partial charge in [0.25, 0.3) is 0 Å². The second-order valence-corrected chi connectivity index (χ2v) is 5.44. The van der Waals surface area contributed by atoms with E-state index in [1.54, 1.807) is 6.20 Å². The first-order valence-electron chi connectivity index (χ1n) is 5.57. The third-order valence-electron chi connectivity index (χ3n) is 2.61. The van der Waals surface area contributed by atoms with Crippen LogP contribution in [0.15, 0.2) is 21.3 Å². The number of aromatic nitrogens is 4. The van der Waals surface area contributed by atoms with Gasteiger partial charge in [-0.2, -0.15) is 10.2 Å². The van der Waals surface area contributed by atoms with E-state index in [1.165, 1.54) is 5.69 Å². The van der Waals surface area contributed by atoms with Gasteiger partial charge in [0.1, 0.15) is 0 Å². The maximum Gasteiger partial charge on any atom is 0.0840 e. The summed E-state index contributed by atoms with van der Waals surface area (Å²) < 4.78 is 6.02. The highest BCUT2D eigenvalue weighted by molar-refractivity contribution is 9.10. The van der Waals surface area contributed by atoms with Gasteiger partial charge in [-0.1, -0.05) is 6.92 Å². The maximum absolute atomic E-state index is 4.57. The van der Waals surface area contributed by atoms with Crippen molar-refractivity contribution in [3.63, 3.8) is 0 Å². The smallest absolute Gasteiger partial charge is 0.0840 e. The van der Waals surface area contributed by atoms with E-state index in [2.05, 4.69) is 55.9 Å². The monoisotopic (exact) mass is 360 g/mol. The maximum atomic E-state index is 4.57. The van der Waals surface area contributed by atoms with Gasteiger partial charge in [-0.15, -0.1) is 0 Å². The van der Waals surface area contributed by atoms with E-state index in [4.69, 9.17) is 0 Å². The van der Waals surface area contributed by atoms with Crippen molar-refractivity contribution in [2.75, 3.05) is 0 Å². The highest BCUT2D eigenvalue weighted by Crippen LogP contribution is 2.23. The zero-order valence-electron chi connectivity index (χ0n) is 9.82. The van der Waals surface area contributed by atoms with Crippen LogP contribution in [0.2, 0.25) is 0 Å². The Balaban J connectivity index is 2.34. The Labute approximate surface area is 117 Å². The predicted molar refractivity (Wildman–Crippen MR) is 74.0 cm³/mol. The van der Waals surface area contributed by atoms with Crippen molar-refractivity contribution < 1.29 is 0 Å². The Kier molecular flexibility index (Phi) is 4.04. The summed E-state index contributed by atoms with van der Waals surface area (Å²) in [6, 6.07) is 0. The Morgan fingerprint density at radius 3 is 2.59 bits per heavy atom. The number of halogens is 2. The van der Waals surface area contributed by atoms with Crippen LogP contribution >= 0.6 is 31.9 Å². The third kappa shape index (κ3) is 2.63. The lowest BCUT2D eigenvalue weighted by Crippen LogP contribution is -2.08. The molecule has 0 N–H and O–H groups in total. The summed E-state index contributed by atoms with van der Waals surface area (Å²) in [5, 5.41) is 8.84. The van der Waals surface area contributed by atoms with E-state index in [9.17, 15) is 0 Å². The van der Waals surface area contributed by atoms with Gasteiger partial charge >= 0.3 is 0 Å². The summed E-state index contributed by atoms with van der Waals surface area (Å²) in [7, 11) is 0. The molecule has 17 heavy (non-hydrogen) atoms. The van der Waals surface area contributed by atoms with Crippen LogP contribution in [-0.2, 0) is 19.5 Å². The quantitative estimate of drug-likeness (QED) is 0.837. The number of nitrogens with zero attached hydrogens (tertiary/aromatic N) is 4. The molecule has 0 aliphatic carbocycles. The molecule has 0 aromatic carbocycles. The molecule has 0 spiro atoms. The van der Waals surface area contributed by atoms with E-state index >= 15 is 0 Å². The van der Waals surface area contributed by atoms with Crippen molar-refractivity contribution >= 4 is 31.9 Å². The van der Waals surface area contributed by atoms with Crippen LogP contribution in [-0.4, -0.2) is 19.6 Å². The largest absolute Gasteiger partial charge is 0.267 e. The number of hydrogen-bond donors (Lipinski definition) is 0. The molecular weight excluding hydrogens is 348 g/mol.